The molecule has 0 amide bonds. The fourth-order valence-electron chi connectivity index (χ4n) is 3.00. The molecule has 1 heterocycles. The van der Waals surface area contributed by atoms with Crippen LogP contribution in [0.5, 0.6) is 0 Å². The number of sulfonamides is 1. The Morgan fingerprint density at radius 3 is 2.63 bits per heavy atom. The minimum absolute atomic E-state index is 0.345. The maximum absolute atomic E-state index is 11.7. The van der Waals surface area contributed by atoms with Gasteiger partial charge in [0.15, 0.2) is 0 Å². The van der Waals surface area contributed by atoms with Crippen LogP contribution in [0.4, 0.5) is 5.82 Å². The molecule has 1 aromatic heterocycles. The summed E-state index contributed by atoms with van der Waals surface area (Å²) in [6.07, 6.45) is 5.17. The average Bonchev–Trinajstić information content (AvgIpc) is 3.45. The molecule has 1 aliphatic rings. The fourth-order valence-corrected chi connectivity index (χ4v) is 3.38. The summed E-state index contributed by atoms with van der Waals surface area (Å²) < 4.78 is 24.7. The first-order valence-electron chi connectivity index (χ1n) is 8.92. The normalized spacial score (nSPS) is 14.6. The van der Waals surface area contributed by atoms with Crippen LogP contribution in [0.25, 0.3) is 22.0 Å². The summed E-state index contributed by atoms with van der Waals surface area (Å²) in [4.78, 5) is 8.77. The van der Waals surface area contributed by atoms with E-state index in [1.807, 2.05) is 36.4 Å². The van der Waals surface area contributed by atoms with Crippen molar-refractivity contribution in [2.45, 2.75) is 25.4 Å². The first-order chi connectivity index (χ1) is 12.9. The zero-order valence-corrected chi connectivity index (χ0v) is 16.2. The van der Waals surface area contributed by atoms with Gasteiger partial charge in [-0.3, -0.25) is 0 Å². The summed E-state index contributed by atoms with van der Waals surface area (Å²) in [5.74, 6) is 0.873. The predicted octanol–water partition coefficient (Wildman–Crippen LogP) is 3.26. The molecule has 1 fully saturated rings. The van der Waals surface area contributed by atoms with Crippen molar-refractivity contribution in [3.05, 3.63) is 54.4 Å². The van der Waals surface area contributed by atoms with E-state index in [4.69, 9.17) is 0 Å². The molecule has 1 aliphatic carbocycles. The molecule has 3 aromatic rings. The van der Waals surface area contributed by atoms with Crippen molar-refractivity contribution < 1.29 is 8.42 Å². The quantitative estimate of drug-likeness (QED) is 0.708. The van der Waals surface area contributed by atoms with Gasteiger partial charge in [0.05, 0.1) is 11.8 Å². The van der Waals surface area contributed by atoms with E-state index < -0.39 is 10.0 Å². The Morgan fingerprint density at radius 2 is 1.89 bits per heavy atom. The van der Waals surface area contributed by atoms with Gasteiger partial charge >= 0.3 is 0 Å². The zero-order valence-electron chi connectivity index (χ0n) is 15.4. The maximum Gasteiger partial charge on any atom is 0.211 e. The van der Waals surface area contributed by atoms with Crippen LogP contribution < -0.4 is 5.32 Å². The second-order valence-corrected chi connectivity index (χ2v) is 9.18. The standard InChI is InChI=1S/C20H22N4O2S/c1-24(27(2,25)26)12-14-4-3-5-15(10-14)16-6-9-19-18(11-16)20(22-13-21-19)23-17-7-8-17/h3-6,9-11,13,17H,7-8,12H2,1-2H3,(H,21,22,23). The summed E-state index contributed by atoms with van der Waals surface area (Å²) >= 11 is 0. The molecule has 0 atom stereocenters. The summed E-state index contributed by atoms with van der Waals surface area (Å²) in [6, 6.07) is 14.6. The van der Waals surface area contributed by atoms with Crippen molar-refractivity contribution in [1.82, 2.24) is 14.3 Å². The number of aromatic nitrogens is 2. The lowest BCUT2D eigenvalue weighted by Crippen LogP contribution is -2.24. The molecule has 0 unspecified atom stereocenters. The van der Waals surface area contributed by atoms with Crippen molar-refractivity contribution in [3.63, 3.8) is 0 Å². The number of nitrogens with one attached hydrogen (secondary N) is 1. The molecule has 0 aliphatic heterocycles. The van der Waals surface area contributed by atoms with E-state index >= 15 is 0 Å². The second-order valence-electron chi connectivity index (χ2n) is 7.09. The van der Waals surface area contributed by atoms with E-state index in [-0.39, 0.29) is 0 Å². The SMILES string of the molecule is CN(Cc1cccc(-c2ccc3ncnc(NC4CC4)c3c2)c1)S(C)(=O)=O. The summed E-state index contributed by atoms with van der Waals surface area (Å²) in [6.45, 7) is 0.345. The third-order valence-corrected chi connectivity index (χ3v) is 6.05. The van der Waals surface area contributed by atoms with Crippen molar-refractivity contribution in [3.8, 4) is 11.1 Å². The highest BCUT2D eigenvalue weighted by Crippen LogP contribution is 2.30. The molecule has 4 rings (SSSR count). The van der Waals surface area contributed by atoms with Crippen LogP contribution >= 0.6 is 0 Å². The first-order valence-corrected chi connectivity index (χ1v) is 10.8. The molecule has 6 nitrogen and oxygen atoms in total. The van der Waals surface area contributed by atoms with E-state index in [2.05, 4.69) is 21.4 Å². The highest BCUT2D eigenvalue weighted by atomic mass is 32.2. The molecular formula is C20H22N4O2S. The Hall–Kier alpha value is -2.51. The number of rotatable bonds is 6. The van der Waals surface area contributed by atoms with Crippen LogP contribution in [-0.4, -0.2) is 42.0 Å². The highest BCUT2D eigenvalue weighted by molar-refractivity contribution is 7.88. The van der Waals surface area contributed by atoms with E-state index in [0.29, 0.717) is 12.6 Å². The molecule has 1 saturated carbocycles. The van der Waals surface area contributed by atoms with Gasteiger partial charge in [-0.1, -0.05) is 24.3 Å². The Balaban J connectivity index is 1.68. The minimum Gasteiger partial charge on any atom is -0.367 e. The lowest BCUT2D eigenvalue weighted by molar-refractivity contribution is 0.472. The second kappa shape index (κ2) is 6.90. The number of nitrogens with zero attached hydrogens (tertiary/aromatic N) is 3. The van der Waals surface area contributed by atoms with E-state index in [9.17, 15) is 8.42 Å². The molecule has 0 spiro atoms. The predicted molar refractivity (Wildman–Crippen MR) is 108 cm³/mol. The molecule has 27 heavy (non-hydrogen) atoms. The van der Waals surface area contributed by atoms with Crippen LogP contribution in [0.15, 0.2) is 48.8 Å². The third kappa shape index (κ3) is 4.09. The van der Waals surface area contributed by atoms with Gasteiger partial charge in [-0.15, -0.1) is 0 Å². The lowest BCUT2D eigenvalue weighted by Gasteiger charge is -2.15. The van der Waals surface area contributed by atoms with E-state index in [1.54, 1.807) is 13.4 Å². The average molecular weight is 382 g/mol. The molecule has 0 radical (unpaired) electrons. The number of anilines is 1. The summed E-state index contributed by atoms with van der Waals surface area (Å²) in [5.41, 5.74) is 3.95. The van der Waals surface area contributed by atoms with Crippen molar-refractivity contribution in [2.75, 3.05) is 18.6 Å². The van der Waals surface area contributed by atoms with Crippen molar-refractivity contribution in [2.24, 2.45) is 0 Å². The number of hydrogen-bond donors (Lipinski definition) is 1. The van der Waals surface area contributed by atoms with E-state index in [1.165, 1.54) is 23.4 Å². The smallest absolute Gasteiger partial charge is 0.211 e. The molecular weight excluding hydrogens is 360 g/mol. The van der Waals surface area contributed by atoms with E-state index in [0.717, 1.165) is 33.4 Å². The Morgan fingerprint density at radius 1 is 1.11 bits per heavy atom. The minimum atomic E-state index is -3.21. The first kappa shape index (κ1) is 17.9. The fraction of sp³-hybridized carbons (Fsp3) is 0.300. The molecule has 2 aromatic carbocycles. The molecule has 1 N–H and O–H groups in total. The molecule has 7 heteroatoms. The molecule has 140 valence electrons. The Bertz CT molecular complexity index is 1090. The van der Waals surface area contributed by atoms with Gasteiger partial charge in [0.1, 0.15) is 12.1 Å². The third-order valence-electron chi connectivity index (χ3n) is 4.79. The Labute approximate surface area is 159 Å². The highest BCUT2D eigenvalue weighted by Gasteiger charge is 2.22. The number of benzene rings is 2. The van der Waals surface area contributed by atoms with Gasteiger partial charge in [0, 0.05) is 25.0 Å². The van der Waals surface area contributed by atoms with Gasteiger partial charge < -0.3 is 5.32 Å². The van der Waals surface area contributed by atoms with Gasteiger partial charge in [0.2, 0.25) is 10.0 Å². The molecule has 0 saturated heterocycles. The van der Waals surface area contributed by atoms with Crippen LogP contribution in [0.2, 0.25) is 0 Å². The van der Waals surface area contributed by atoms with Crippen LogP contribution in [0.1, 0.15) is 18.4 Å². The lowest BCUT2D eigenvalue weighted by atomic mass is 10.0. The maximum atomic E-state index is 11.7. The Kier molecular flexibility index (Phi) is 4.57. The summed E-state index contributed by atoms with van der Waals surface area (Å²) in [7, 11) is -1.62. The van der Waals surface area contributed by atoms with Gasteiger partial charge in [-0.05, 0) is 47.7 Å². The van der Waals surface area contributed by atoms with Gasteiger partial charge in [-0.25, -0.2) is 22.7 Å². The number of hydrogen-bond acceptors (Lipinski definition) is 5. The topological polar surface area (TPSA) is 75.2 Å². The van der Waals surface area contributed by atoms with Crippen LogP contribution in [0, 0.1) is 0 Å². The van der Waals surface area contributed by atoms with Gasteiger partial charge in [0.25, 0.3) is 0 Å². The number of fused-ring (bicyclic) bond motifs is 1. The van der Waals surface area contributed by atoms with Crippen molar-refractivity contribution in [1.29, 1.82) is 0 Å². The largest absolute Gasteiger partial charge is 0.367 e. The van der Waals surface area contributed by atoms with Crippen LogP contribution in [0.3, 0.4) is 0 Å². The van der Waals surface area contributed by atoms with Gasteiger partial charge in [-0.2, -0.15) is 0 Å². The monoisotopic (exact) mass is 382 g/mol. The molecule has 0 bridgehead atoms. The zero-order chi connectivity index (χ0) is 19.0. The van der Waals surface area contributed by atoms with Crippen molar-refractivity contribution >= 4 is 26.7 Å². The van der Waals surface area contributed by atoms with Crippen LogP contribution in [-0.2, 0) is 16.6 Å². The summed E-state index contributed by atoms with van der Waals surface area (Å²) in [5, 5.41) is 4.47.